The Labute approximate surface area is 165 Å². The van der Waals surface area contributed by atoms with E-state index in [1.165, 1.54) is 11.3 Å². The first kappa shape index (κ1) is 18.9. The lowest BCUT2D eigenvalue weighted by atomic mass is 9.98. The van der Waals surface area contributed by atoms with Gasteiger partial charge >= 0.3 is 0 Å². The van der Waals surface area contributed by atoms with Crippen LogP contribution >= 0.6 is 0 Å². The van der Waals surface area contributed by atoms with Crippen LogP contribution in [0.3, 0.4) is 0 Å². The fourth-order valence-corrected chi connectivity index (χ4v) is 4.36. The molecule has 2 aliphatic heterocycles. The van der Waals surface area contributed by atoms with E-state index in [4.69, 9.17) is 20.2 Å². The molecule has 0 radical (unpaired) electrons. The van der Waals surface area contributed by atoms with Gasteiger partial charge in [-0.15, -0.1) is 0 Å². The summed E-state index contributed by atoms with van der Waals surface area (Å²) in [6, 6.07) is 0. The number of nitrogens with one attached hydrogen (secondary N) is 2. The van der Waals surface area contributed by atoms with Crippen molar-refractivity contribution in [3.05, 3.63) is 34.2 Å². The zero-order valence-electron chi connectivity index (χ0n) is 17.1. The normalized spacial score (nSPS) is 20.1. The Balaban J connectivity index is 1.71. The number of aromatic nitrogens is 4. The molecule has 0 unspecified atom stereocenters. The number of ether oxygens (including phenoxy) is 1. The molecule has 0 aromatic carbocycles. The number of amidine groups is 1. The van der Waals surface area contributed by atoms with Crippen LogP contribution in [0.15, 0.2) is 4.99 Å². The number of rotatable bonds is 4. The summed E-state index contributed by atoms with van der Waals surface area (Å²) >= 11 is 0. The SMILES string of the molecule is Cc1nc(C(=NC=N)N2CCc3c(c(C(C)C)nn3C)C2)c([C@@H]2CCOC2)[nH]1. The van der Waals surface area contributed by atoms with E-state index in [0.29, 0.717) is 18.4 Å². The minimum atomic E-state index is 0.303. The summed E-state index contributed by atoms with van der Waals surface area (Å²) in [5.41, 5.74) is 5.68. The maximum atomic E-state index is 7.63. The number of aromatic amines is 1. The summed E-state index contributed by atoms with van der Waals surface area (Å²) in [6.45, 7) is 9.40. The molecule has 0 amide bonds. The smallest absolute Gasteiger partial charge is 0.158 e. The minimum Gasteiger partial charge on any atom is -0.381 e. The summed E-state index contributed by atoms with van der Waals surface area (Å²) in [5, 5.41) is 12.4. The summed E-state index contributed by atoms with van der Waals surface area (Å²) in [6.07, 6.45) is 3.01. The average molecular weight is 384 g/mol. The van der Waals surface area contributed by atoms with Crippen molar-refractivity contribution in [2.24, 2.45) is 12.0 Å². The van der Waals surface area contributed by atoms with Crippen LogP contribution in [0.1, 0.15) is 66.3 Å². The van der Waals surface area contributed by atoms with Crippen molar-refractivity contribution in [2.75, 3.05) is 19.8 Å². The highest BCUT2D eigenvalue weighted by Crippen LogP contribution is 2.31. The maximum Gasteiger partial charge on any atom is 0.158 e. The lowest BCUT2D eigenvalue weighted by Crippen LogP contribution is -2.38. The van der Waals surface area contributed by atoms with Crippen molar-refractivity contribution < 1.29 is 4.74 Å². The van der Waals surface area contributed by atoms with Crippen LogP contribution in [0, 0.1) is 12.3 Å². The Morgan fingerprint density at radius 1 is 1.43 bits per heavy atom. The van der Waals surface area contributed by atoms with Crippen LogP contribution < -0.4 is 0 Å². The van der Waals surface area contributed by atoms with Gasteiger partial charge in [0.2, 0.25) is 0 Å². The van der Waals surface area contributed by atoms with E-state index >= 15 is 0 Å². The molecule has 2 aromatic heterocycles. The lowest BCUT2D eigenvalue weighted by Gasteiger charge is -2.30. The molecule has 2 aromatic rings. The zero-order chi connectivity index (χ0) is 19.8. The highest BCUT2D eigenvalue weighted by molar-refractivity contribution is 6.01. The van der Waals surface area contributed by atoms with Crippen LogP contribution in [-0.4, -0.2) is 56.6 Å². The van der Waals surface area contributed by atoms with E-state index < -0.39 is 0 Å². The lowest BCUT2D eigenvalue weighted by molar-refractivity contribution is 0.193. The molecule has 0 bridgehead atoms. The van der Waals surface area contributed by atoms with E-state index in [1.807, 2.05) is 18.7 Å². The molecule has 8 nitrogen and oxygen atoms in total. The molecule has 0 spiro atoms. The summed E-state index contributed by atoms with van der Waals surface area (Å²) in [4.78, 5) is 14.9. The number of fused-ring (bicyclic) bond motifs is 1. The molecule has 0 aliphatic carbocycles. The van der Waals surface area contributed by atoms with Crippen molar-refractivity contribution in [2.45, 2.75) is 52.0 Å². The van der Waals surface area contributed by atoms with Crippen LogP contribution in [0.4, 0.5) is 0 Å². The molecule has 2 N–H and O–H groups in total. The number of imidazole rings is 1. The summed E-state index contributed by atoms with van der Waals surface area (Å²) in [5.74, 6) is 2.32. The third kappa shape index (κ3) is 3.26. The Kier molecular flexibility index (Phi) is 5.05. The topological polar surface area (TPSA) is 95.2 Å². The minimum absolute atomic E-state index is 0.303. The largest absolute Gasteiger partial charge is 0.381 e. The molecule has 8 heteroatoms. The monoisotopic (exact) mass is 383 g/mol. The second-order valence-electron chi connectivity index (χ2n) is 7.99. The highest BCUT2D eigenvalue weighted by Gasteiger charge is 2.31. The summed E-state index contributed by atoms with van der Waals surface area (Å²) < 4.78 is 7.62. The van der Waals surface area contributed by atoms with Gasteiger partial charge in [-0.05, 0) is 19.3 Å². The average Bonchev–Trinajstić information content (AvgIpc) is 3.38. The fraction of sp³-hybridized carbons (Fsp3) is 0.600. The van der Waals surface area contributed by atoms with Crippen LogP contribution in [0.25, 0.3) is 0 Å². The maximum absolute atomic E-state index is 7.63. The van der Waals surface area contributed by atoms with Gasteiger partial charge < -0.3 is 14.6 Å². The van der Waals surface area contributed by atoms with Gasteiger partial charge in [0.1, 0.15) is 17.9 Å². The molecular formula is C20H29N7O. The Hall–Kier alpha value is -2.48. The van der Waals surface area contributed by atoms with Crippen LogP contribution in [0.5, 0.6) is 0 Å². The van der Waals surface area contributed by atoms with Crippen LogP contribution in [-0.2, 0) is 24.8 Å². The number of hydrogen-bond acceptors (Lipinski definition) is 4. The molecule has 1 fully saturated rings. The van der Waals surface area contributed by atoms with Gasteiger partial charge in [-0.2, -0.15) is 5.10 Å². The second-order valence-corrected chi connectivity index (χ2v) is 7.99. The van der Waals surface area contributed by atoms with Crippen LogP contribution in [0.2, 0.25) is 0 Å². The molecule has 0 saturated carbocycles. The second kappa shape index (κ2) is 7.50. The Bertz CT molecular complexity index is 902. The molecule has 4 heterocycles. The van der Waals surface area contributed by atoms with Gasteiger partial charge in [0.05, 0.1) is 18.0 Å². The molecule has 28 heavy (non-hydrogen) atoms. The first-order chi connectivity index (χ1) is 13.5. The van der Waals surface area contributed by atoms with Crippen molar-refractivity contribution in [1.82, 2.24) is 24.6 Å². The number of nitrogens with zero attached hydrogens (tertiary/aromatic N) is 5. The Morgan fingerprint density at radius 2 is 2.25 bits per heavy atom. The first-order valence-electron chi connectivity index (χ1n) is 10.0. The molecule has 4 rings (SSSR count). The van der Waals surface area contributed by atoms with E-state index in [2.05, 4.69) is 28.7 Å². The van der Waals surface area contributed by atoms with Gasteiger partial charge in [0.15, 0.2) is 5.84 Å². The molecular weight excluding hydrogens is 354 g/mol. The highest BCUT2D eigenvalue weighted by atomic mass is 16.5. The third-order valence-corrected chi connectivity index (χ3v) is 5.71. The predicted molar refractivity (Wildman–Crippen MR) is 108 cm³/mol. The van der Waals surface area contributed by atoms with E-state index in [1.54, 1.807) is 0 Å². The number of aliphatic imine (C=N–C) groups is 1. The van der Waals surface area contributed by atoms with Crippen molar-refractivity contribution in [3.63, 3.8) is 0 Å². The summed E-state index contributed by atoms with van der Waals surface area (Å²) in [7, 11) is 2.03. The molecule has 1 saturated heterocycles. The quantitative estimate of drug-likeness (QED) is 0.626. The van der Waals surface area contributed by atoms with Crippen molar-refractivity contribution >= 4 is 12.2 Å². The fourth-order valence-electron chi connectivity index (χ4n) is 4.36. The number of hydrogen-bond donors (Lipinski definition) is 2. The van der Waals surface area contributed by atoms with Crippen molar-refractivity contribution in [3.8, 4) is 0 Å². The molecule has 1 atom stereocenters. The van der Waals surface area contributed by atoms with Gasteiger partial charge in [-0.25, -0.2) is 9.98 Å². The first-order valence-corrected chi connectivity index (χ1v) is 10.0. The third-order valence-electron chi connectivity index (χ3n) is 5.71. The van der Waals surface area contributed by atoms with Gasteiger partial charge in [0.25, 0.3) is 0 Å². The standard InChI is InChI=1S/C20H29N7O/c1-12(2)17-15-9-27(7-5-16(15)26(4)25-17)20(22-11-21)19-18(23-13(3)24-19)14-6-8-28-10-14/h11-12,14,21H,5-10H2,1-4H3,(H,23,24)/t14-/m1/s1. The predicted octanol–water partition coefficient (Wildman–Crippen LogP) is 2.49. The van der Waals surface area contributed by atoms with Gasteiger partial charge in [0, 0.05) is 50.3 Å². The van der Waals surface area contributed by atoms with E-state index in [9.17, 15) is 0 Å². The van der Waals surface area contributed by atoms with Gasteiger partial charge in [-0.1, -0.05) is 13.8 Å². The van der Waals surface area contributed by atoms with E-state index in [-0.39, 0.29) is 0 Å². The number of aryl methyl sites for hydroxylation is 2. The molecule has 150 valence electrons. The zero-order valence-corrected chi connectivity index (χ0v) is 17.1. The molecule has 2 aliphatic rings. The Morgan fingerprint density at radius 3 is 2.93 bits per heavy atom. The van der Waals surface area contributed by atoms with Crippen molar-refractivity contribution in [1.29, 1.82) is 5.41 Å². The number of H-pyrrole nitrogens is 1. The van der Waals surface area contributed by atoms with Gasteiger partial charge in [-0.3, -0.25) is 10.1 Å². The van der Waals surface area contributed by atoms with E-state index in [0.717, 1.165) is 67.6 Å².